The Labute approximate surface area is 269 Å². The second-order valence-corrected chi connectivity index (χ2v) is 12.3. The van der Waals surface area contributed by atoms with Crippen LogP contribution >= 0.6 is 11.3 Å². The van der Waals surface area contributed by atoms with Crippen LogP contribution in [-0.2, 0) is 0 Å². The molecule has 0 atom stereocenters. The topological polar surface area (TPSA) is 43.6 Å². The molecule has 0 spiro atoms. The summed E-state index contributed by atoms with van der Waals surface area (Å²) < 4.78 is 3.67. The molecule has 0 fully saturated rings. The highest BCUT2D eigenvalue weighted by atomic mass is 32.1. The molecule has 9 rings (SSSR count). The molecule has 46 heavy (non-hydrogen) atoms. The van der Waals surface area contributed by atoms with Crippen LogP contribution in [-0.4, -0.2) is 19.5 Å². The maximum Gasteiger partial charge on any atom is 0.164 e. The summed E-state index contributed by atoms with van der Waals surface area (Å²) in [6.45, 7) is 0. The van der Waals surface area contributed by atoms with Gasteiger partial charge < -0.3 is 4.57 Å². The predicted octanol–water partition coefficient (Wildman–Crippen LogP) is 10.9. The Balaban J connectivity index is 1.24. The van der Waals surface area contributed by atoms with Crippen LogP contribution in [0.5, 0.6) is 0 Å². The van der Waals surface area contributed by atoms with Gasteiger partial charge in [-0.1, -0.05) is 127 Å². The highest BCUT2D eigenvalue weighted by Crippen LogP contribution is 2.43. The molecular formula is C41H26N4S. The average Bonchev–Trinajstić information content (AvgIpc) is 3.72. The summed E-state index contributed by atoms with van der Waals surface area (Å²) in [6, 6.07) is 54.9. The largest absolute Gasteiger partial charge is 0.309 e. The molecule has 216 valence electrons. The number of hydrogen-bond acceptors (Lipinski definition) is 4. The molecule has 0 N–H and O–H groups in total. The van der Waals surface area contributed by atoms with E-state index in [0.29, 0.717) is 17.5 Å². The average molecular weight is 607 g/mol. The SMILES string of the molecule is c1ccc(-c2nc(-c3ccccc3)nc(-c3cccc(-n4c5ccccc5c5c6sc(-c7ccccc7)cc6ccc54)c3)n2)cc1. The quantitative estimate of drug-likeness (QED) is 0.196. The van der Waals surface area contributed by atoms with E-state index < -0.39 is 0 Å². The molecule has 0 aliphatic heterocycles. The Morgan fingerprint density at radius 1 is 0.435 bits per heavy atom. The molecule has 9 aromatic rings. The van der Waals surface area contributed by atoms with Crippen molar-refractivity contribution in [2.75, 3.05) is 0 Å². The Kier molecular flexibility index (Phi) is 6.28. The van der Waals surface area contributed by atoms with Crippen LogP contribution in [0.25, 0.3) is 82.2 Å². The lowest BCUT2D eigenvalue weighted by molar-refractivity contribution is 1.07. The van der Waals surface area contributed by atoms with Crippen molar-refractivity contribution in [2.45, 2.75) is 0 Å². The minimum Gasteiger partial charge on any atom is -0.309 e. The van der Waals surface area contributed by atoms with E-state index in [1.165, 1.54) is 42.3 Å². The summed E-state index contributed by atoms with van der Waals surface area (Å²) in [5, 5.41) is 3.79. The summed E-state index contributed by atoms with van der Waals surface area (Å²) >= 11 is 1.86. The van der Waals surface area contributed by atoms with Crippen molar-refractivity contribution in [2.24, 2.45) is 0 Å². The number of benzene rings is 6. The lowest BCUT2D eigenvalue weighted by atomic mass is 10.1. The second-order valence-electron chi connectivity index (χ2n) is 11.3. The third-order valence-corrected chi connectivity index (χ3v) is 9.66. The van der Waals surface area contributed by atoms with Gasteiger partial charge in [-0.3, -0.25) is 0 Å². The van der Waals surface area contributed by atoms with Gasteiger partial charge in [-0.25, -0.2) is 15.0 Å². The number of aromatic nitrogens is 4. The van der Waals surface area contributed by atoms with E-state index in [-0.39, 0.29) is 0 Å². The van der Waals surface area contributed by atoms with Crippen LogP contribution in [0.2, 0.25) is 0 Å². The van der Waals surface area contributed by atoms with Gasteiger partial charge in [0.05, 0.1) is 11.0 Å². The van der Waals surface area contributed by atoms with Crippen molar-refractivity contribution >= 4 is 43.2 Å². The molecular weight excluding hydrogens is 581 g/mol. The number of fused-ring (bicyclic) bond motifs is 5. The number of nitrogens with zero attached hydrogens (tertiary/aromatic N) is 4. The summed E-state index contributed by atoms with van der Waals surface area (Å²) in [5.74, 6) is 1.95. The maximum atomic E-state index is 4.99. The number of rotatable bonds is 5. The first-order valence-electron chi connectivity index (χ1n) is 15.3. The third kappa shape index (κ3) is 4.48. The van der Waals surface area contributed by atoms with Crippen LogP contribution in [0.15, 0.2) is 158 Å². The van der Waals surface area contributed by atoms with Gasteiger partial charge in [0.15, 0.2) is 17.5 Å². The van der Waals surface area contributed by atoms with Crippen LogP contribution in [0.1, 0.15) is 0 Å². The predicted molar refractivity (Wildman–Crippen MR) is 191 cm³/mol. The standard InChI is InChI=1S/C41H26N4S/c1-4-13-27(14-5-1)36-26-30-23-24-35-37(38(30)46-36)33-21-10-11-22-34(33)45(35)32-20-12-19-31(25-32)41-43-39(28-15-6-2-7-16-28)42-40(44-41)29-17-8-3-9-18-29/h1-26H. The number of para-hydroxylation sites is 1. The van der Waals surface area contributed by atoms with Crippen molar-refractivity contribution in [1.82, 2.24) is 19.5 Å². The monoisotopic (exact) mass is 606 g/mol. The van der Waals surface area contributed by atoms with Gasteiger partial charge in [0.1, 0.15) is 0 Å². The van der Waals surface area contributed by atoms with Gasteiger partial charge in [-0.05, 0) is 41.3 Å². The van der Waals surface area contributed by atoms with Gasteiger partial charge in [0.25, 0.3) is 0 Å². The van der Waals surface area contributed by atoms with Crippen LogP contribution < -0.4 is 0 Å². The Morgan fingerprint density at radius 2 is 1.00 bits per heavy atom. The van der Waals surface area contributed by atoms with Crippen molar-refractivity contribution in [1.29, 1.82) is 0 Å². The van der Waals surface area contributed by atoms with E-state index in [4.69, 9.17) is 15.0 Å². The molecule has 3 aromatic heterocycles. The first-order chi connectivity index (χ1) is 22.8. The first-order valence-corrected chi connectivity index (χ1v) is 16.1. The molecule has 4 nitrogen and oxygen atoms in total. The van der Waals surface area contributed by atoms with Crippen molar-refractivity contribution in [3.63, 3.8) is 0 Å². The Hall–Kier alpha value is -5.91. The van der Waals surface area contributed by atoms with Crippen molar-refractivity contribution in [3.8, 4) is 50.3 Å². The molecule has 0 aliphatic carbocycles. The van der Waals surface area contributed by atoms with Gasteiger partial charge in [-0.15, -0.1) is 11.3 Å². The minimum absolute atomic E-state index is 0.642. The Bertz CT molecular complexity index is 2460. The van der Waals surface area contributed by atoms with Gasteiger partial charge >= 0.3 is 0 Å². The maximum absolute atomic E-state index is 4.99. The van der Waals surface area contributed by atoms with E-state index in [1.807, 2.05) is 72.0 Å². The second kappa shape index (κ2) is 10.9. The number of thiophene rings is 1. The van der Waals surface area contributed by atoms with Gasteiger partial charge in [-0.2, -0.15) is 0 Å². The van der Waals surface area contributed by atoms with E-state index in [0.717, 1.165) is 22.4 Å². The van der Waals surface area contributed by atoms with Crippen LogP contribution in [0, 0.1) is 0 Å². The summed E-state index contributed by atoms with van der Waals surface area (Å²) in [4.78, 5) is 16.1. The lowest BCUT2D eigenvalue weighted by Gasteiger charge is -2.11. The fraction of sp³-hybridized carbons (Fsp3) is 0. The number of hydrogen-bond donors (Lipinski definition) is 0. The third-order valence-electron chi connectivity index (χ3n) is 8.44. The summed E-state index contributed by atoms with van der Waals surface area (Å²) in [5.41, 5.74) is 7.50. The zero-order chi connectivity index (χ0) is 30.5. The molecule has 0 amide bonds. The lowest BCUT2D eigenvalue weighted by Crippen LogP contribution is -2.01. The fourth-order valence-corrected chi connectivity index (χ4v) is 7.51. The molecule has 0 radical (unpaired) electrons. The fourth-order valence-electron chi connectivity index (χ4n) is 6.29. The normalized spacial score (nSPS) is 11.5. The molecule has 6 aromatic carbocycles. The van der Waals surface area contributed by atoms with Gasteiger partial charge in [0.2, 0.25) is 0 Å². The Morgan fingerprint density at radius 3 is 1.67 bits per heavy atom. The highest BCUT2D eigenvalue weighted by Gasteiger charge is 2.18. The summed E-state index contributed by atoms with van der Waals surface area (Å²) in [6.07, 6.45) is 0. The van der Waals surface area contributed by atoms with E-state index in [9.17, 15) is 0 Å². The minimum atomic E-state index is 0.642. The molecule has 0 unspecified atom stereocenters. The molecule has 0 saturated carbocycles. The smallest absolute Gasteiger partial charge is 0.164 e. The molecule has 3 heterocycles. The first kappa shape index (κ1) is 26.5. The van der Waals surface area contributed by atoms with E-state index in [1.54, 1.807) is 0 Å². The van der Waals surface area contributed by atoms with Crippen LogP contribution in [0.3, 0.4) is 0 Å². The van der Waals surface area contributed by atoms with E-state index >= 15 is 0 Å². The van der Waals surface area contributed by atoms with Crippen molar-refractivity contribution in [3.05, 3.63) is 158 Å². The zero-order valence-corrected chi connectivity index (χ0v) is 25.5. The molecule has 5 heteroatoms. The van der Waals surface area contributed by atoms with Crippen LogP contribution in [0.4, 0.5) is 0 Å². The molecule has 0 bridgehead atoms. The highest BCUT2D eigenvalue weighted by molar-refractivity contribution is 7.23. The van der Waals surface area contributed by atoms with Gasteiger partial charge in [0, 0.05) is 42.7 Å². The zero-order valence-electron chi connectivity index (χ0n) is 24.7. The van der Waals surface area contributed by atoms with E-state index in [2.05, 4.69) is 102 Å². The van der Waals surface area contributed by atoms with Crippen molar-refractivity contribution < 1.29 is 0 Å². The molecule has 0 aliphatic rings. The molecule has 0 saturated heterocycles. The summed E-state index contributed by atoms with van der Waals surface area (Å²) in [7, 11) is 0.